The minimum absolute atomic E-state index is 0.0997. The van der Waals surface area contributed by atoms with Crippen molar-refractivity contribution in [3.05, 3.63) is 105 Å². The third-order valence-corrected chi connectivity index (χ3v) is 8.87. The summed E-state index contributed by atoms with van der Waals surface area (Å²) >= 11 is 7.21. The number of halogens is 1. The molecule has 0 spiro atoms. The van der Waals surface area contributed by atoms with Crippen LogP contribution >= 0.6 is 15.9 Å². The van der Waals surface area contributed by atoms with Crippen LogP contribution in [-0.2, 0) is 49.3 Å². The quantitative estimate of drug-likeness (QED) is 0.204. The zero-order valence-electron chi connectivity index (χ0n) is 22.1. The molecule has 0 heterocycles. The van der Waals surface area contributed by atoms with E-state index in [0.717, 1.165) is 16.9 Å². The van der Waals surface area contributed by atoms with Gasteiger partial charge in [-0.05, 0) is 0 Å². The van der Waals surface area contributed by atoms with Crippen LogP contribution in [0, 0.1) is 51.0 Å². The van der Waals surface area contributed by atoms with Crippen molar-refractivity contribution in [2.24, 2.45) is 17.8 Å². The molecule has 6 atom stereocenters. The Morgan fingerprint density at radius 2 is 1.28 bits per heavy atom. The van der Waals surface area contributed by atoms with E-state index >= 15 is 0 Å². The average Bonchev–Trinajstić information content (AvgIpc) is 3.70. The summed E-state index contributed by atoms with van der Waals surface area (Å²) in [7, 11) is 0. The van der Waals surface area contributed by atoms with E-state index in [-0.39, 0.29) is 11.5 Å². The van der Waals surface area contributed by atoms with Gasteiger partial charge in [-0.15, -0.1) is 0 Å². The summed E-state index contributed by atoms with van der Waals surface area (Å²) < 4.78 is 45.4. The Kier molecular flexibility index (Phi) is 21.8. The topological polar surface area (TPSA) is 109 Å². The predicted octanol–water partition coefficient (Wildman–Crippen LogP) is 6.45. The van der Waals surface area contributed by atoms with E-state index in [4.69, 9.17) is 28.0 Å². The second-order valence-corrected chi connectivity index (χ2v) is 11.2. The molecule has 6 nitrogen and oxygen atoms in total. The Balaban J connectivity index is 0. The van der Waals surface area contributed by atoms with Crippen molar-refractivity contribution < 1.29 is 43.8 Å². The SMILES string of the molecule is C[C@@H]1CC[C@@H](C(C)(C)c2ccccc2)[C@H](O[C](=[Cr])[C@H]2[C@H](Br)[C@@H]2c2ccccc2)C1.[C-]#[O+].[C-]#[O+].[C-]#[O+].[C-]#[O+].[C-]#[O+]. The van der Waals surface area contributed by atoms with E-state index in [2.05, 4.69) is 146 Å². The standard InChI is InChI=1S/C26H31BrO.5CO.Cr/c1-18-14-15-22(26(2,3)20-12-8-5-9-13-20)23(16-18)28-17-21-24(25(21)27)19-10-6-4-7-11-19;5*1-2;/h4-13,18,21-25H,14-16H2,1-3H3;;;;;;/t18-,21-,22-,23-,24-,25+;;;;;;/m1....../s1. The van der Waals surface area contributed by atoms with E-state index in [1.807, 2.05) is 0 Å². The molecule has 8 heteroatoms. The molecule has 0 unspecified atom stereocenters. The van der Waals surface area contributed by atoms with Gasteiger partial charge in [0.25, 0.3) is 0 Å². The number of hydrogen-bond acceptors (Lipinski definition) is 1. The van der Waals surface area contributed by atoms with E-state index < -0.39 is 0 Å². The molecule has 2 fully saturated rings. The van der Waals surface area contributed by atoms with E-state index in [1.165, 1.54) is 24.0 Å². The Morgan fingerprint density at radius 1 is 0.821 bits per heavy atom. The number of rotatable bonds is 6. The van der Waals surface area contributed by atoms with Gasteiger partial charge in [-0.2, -0.15) is 0 Å². The first-order chi connectivity index (χ1) is 18.9. The Hall–Kier alpha value is -2.02. The molecule has 0 radical (unpaired) electrons. The normalized spacial score (nSPS) is 24.1. The molecule has 39 heavy (non-hydrogen) atoms. The van der Waals surface area contributed by atoms with Crippen LogP contribution in [0.4, 0.5) is 0 Å². The Bertz CT molecular complexity index is 1030. The Morgan fingerprint density at radius 3 is 1.77 bits per heavy atom. The van der Waals surface area contributed by atoms with Crippen LogP contribution < -0.4 is 0 Å². The fraction of sp³-hybridized carbons (Fsp3) is 0.419. The predicted molar refractivity (Wildman–Crippen MR) is 141 cm³/mol. The zero-order valence-corrected chi connectivity index (χ0v) is 25.0. The first-order valence-corrected chi connectivity index (χ1v) is 13.4. The van der Waals surface area contributed by atoms with Gasteiger partial charge in [-0.1, -0.05) is 0 Å². The molecule has 2 aromatic rings. The summed E-state index contributed by atoms with van der Waals surface area (Å²) in [5, 5.41) is 0. The Labute approximate surface area is 248 Å². The van der Waals surface area contributed by atoms with Crippen LogP contribution in [0.1, 0.15) is 57.1 Å². The van der Waals surface area contributed by atoms with Crippen LogP contribution in [0.3, 0.4) is 0 Å². The van der Waals surface area contributed by atoms with Gasteiger partial charge in [-0.3, -0.25) is 0 Å². The van der Waals surface area contributed by atoms with Crippen LogP contribution in [0.5, 0.6) is 0 Å². The molecule has 2 aliphatic carbocycles. The summed E-state index contributed by atoms with van der Waals surface area (Å²) in [6.45, 7) is 29.7. The van der Waals surface area contributed by atoms with Crippen molar-refractivity contribution in [3.63, 3.8) is 0 Å². The van der Waals surface area contributed by atoms with Gasteiger partial charge in [-0.25, -0.2) is 0 Å². The summed E-state index contributed by atoms with van der Waals surface area (Å²) in [6.07, 6.45) is 3.93. The minimum atomic E-state index is 0.0997. The zero-order chi connectivity index (χ0) is 30.6. The van der Waals surface area contributed by atoms with Crippen LogP contribution in [0.2, 0.25) is 0 Å². The third-order valence-electron chi connectivity index (χ3n) is 7.16. The second kappa shape index (κ2) is 21.8. The molecule has 0 N–H and O–H groups in total. The fourth-order valence-electron chi connectivity index (χ4n) is 5.21. The van der Waals surface area contributed by atoms with Crippen molar-refractivity contribution in [1.29, 1.82) is 0 Å². The van der Waals surface area contributed by atoms with E-state index in [9.17, 15) is 0 Å². The van der Waals surface area contributed by atoms with Crippen molar-refractivity contribution >= 4 is 20.5 Å². The number of ether oxygens (including phenoxy) is 1. The van der Waals surface area contributed by atoms with Crippen molar-refractivity contribution in [1.82, 2.24) is 0 Å². The first-order valence-electron chi connectivity index (χ1n) is 11.9. The summed E-state index contributed by atoms with van der Waals surface area (Å²) in [5.41, 5.74) is 2.92. The van der Waals surface area contributed by atoms with Crippen molar-refractivity contribution in [2.45, 2.75) is 62.3 Å². The van der Waals surface area contributed by atoms with Gasteiger partial charge in [0.1, 0.15) is 0 Å². The molecule has 2 saturated carbocycles. The van der Waals surface area contributed by atoms with Crippen LogP contribution in [0.15, 0.2) is 60.7 Å². The monoisotopic (exact) mass is 630 g/mol. The number of alkyl halides is 1. The molecule has 0 aliphatic heterocycles. The first kappa shape index (κ1) is 39.1. The van der Waals surface area contributed by atoms with Crippen molar-refractivity contribution in [2.75, 3.05) is 0 Å². The molecule has 2 aliphatic rings. The molecule has 2 aromatic carbocycles. The third kappa shape index (κ3) is 11.2. The van der Waals surface area contributed by atoms with Gasteiger partial charge in [0.05, 0.1) is 0 Å². The van der Waals surface area contributed by atoms with Gasteiger partial charge < -0.3 is 0 Å². The molecule has 204 valence electrons. The number of hydrogen-bond donors (Lipinski definition) is 0. The summed E-state index contributed by atoms with van der Waals surface area (Å²) in [6, 6.07) is 21.8. The van der Waals surface area contributed by atoms with Crippen LogP contribution in [-0.4, -0.2) is 15.5 Å². The maximum atomic E-state index is 7.50. The van der Waals surface area contributed by atoms with Gasteiger partial charge in [0, 0.05) is 0 Å². The van der Waals surface area contributed by atoms with Gasteiger partial charge in [0.2, 0.25) is 0 Å². The van der Waals surface area contributed by atoms with Crippen LogP contribution in [0.25, 0.3) is 0 Å². The summed E-state index contributed by atoms with van der Waals surface area (Å²) in [5.74, 6) is 2.18. The fourth-order valence-corrected chi connectivity index (χ4v) is 7.18. The molecular weight excluding hydrogens is 600 g/mol. The maximum absolute atomic E-state index is 7.50. The molecule has 0 bridgehead atoms. The molecule has 0 saturated heterocycles. The molecule has 4 rings (SSSR count). The number of benzene rings is 2. The molecule has 0 aromatic heterocycles. The summed E-state index contributed by atoms with van der Waals surface area (Å²) in [4.78, 5) is 0.461. The van der Waals surface area contributed by atoms with Gasteiger partial charge >= 0.3 is 249 Å². The van der Waals surface area contributed by atoms with E-state index in [0.29, 0.717) is 22.6 Å². The molecule has 0 amide bonds. The van der Waals surface area contributed by atoms with E-state index in [1.54, 1.807) is 0 Å². The van der Waals surface area contributed by atoms with Gasteiger partial charge in [0.15, 0.2) is 0 Å². The average molecular weight is 631 g/mol. The van der Waals surface area contributed by atoms with Crippen molar-refractivity contribution in [3.8, 4) is 0 Å². The second-order valence-electron chi connectivity index (χ2n) is 9.49. The molecular formula is C31H31BrCrO6.